The molecule has 2 N–H and O–H groups in total. The first kappa shape index (κ1) is 16.3. The van der Waals surface area contributed by atoms with Crippen LogP contribution in [-0.4, -0.2) is 45.3 Å². The van der Waals surface area contributed by atoms with Crippen LogP contribution in [0.1, 0.15) is 31.1 Å². The van der Waals surface area contributed by atoms with Gasteiger partial charge in [0.1, 0.15) is 6.17 Å². The molecule has 0 spiro atoms. The molecule has 0 radical (unpaired) electrons. The van der Waals surface area contributed by atoms with Gasteiger partial charge in [0, 0.05) is 13.1 Å². The lowest BCUT2D eigenvalue weighted by Crippen LogP contribution is -2.46. The van der Waals surface area contributed by atoms with Crippen LogP contribution in [0.5, 0.6) is 0 Å². The Morgan fingerprint density at radius 1 is 1.10 bits per heavy atom. The molecule has 0 aliphatic heterocycles. The van der Waals surface area contributed by atoms with Crippen molar-refractivity contribution in [2.45, 2.75) is 20.0 Å². The molecule has 1 aromatic rings. The molecule has 7 heteroatoms. The van der Waals surface area contributed by atoms with E-state index in [1.807, 2.05) is 6.07 Å². The molecular formula is C14H17N3O4. The van der Waals surface area contributed by atoms with Crippen molar-refractivity contribution in [3.8, 4) is 6.07 Å². The summed E-state index contributed by atoms with van der Waals surface area (Å²) >= 11 is 0. The predicted molar refractivity (Wildman–Crippen MR) is 74.7 cm³/mol. The van der Waals surface area contributed by atoms with E-state index in [0.29, 0.717) is 11.1 Å². The Morgan fingerprint density at radius 2 is 1.52 bits per heavy atom. The van der Waals surface area contributed by atoms with Crippen molar-refractivity contribution >= 4 is 12.2 Å². The number of hydrogen-bond acceptors (Lipinski definition) is 3. The van der Waals surface area contributed by atoms with E-state index >= 15 is 0 Å². The van der Waals surface area contributed by atoms with Crippen molar-refractivity contribution in [2.24, 2.45) is 0 Å². The Bertz CT molecular complexity index is 528. The van der Waals surface area contributed by atoms with Crippen LogP contribution in [0.3, 0.4) is 0 Å². The summed E-state index contributed by atoms with van der Waals surface area (Å²) in [6.07, 6.45) is -3.35. The molecule has 21 heavy (non-hydrogen) atoms. The molecule has 0 atom stereocenters. The minimum Gasteiger partial charge on any atom is -0.465 e. The average Bonchev–Trinajstić information content (AvgIpc) is 2.46. The quantitative estimate of drug-likeness (QED) is 0.811. The van der Waals surface area contributed by atoms with Gasteiger partial charge in [-0.1, -0.05) is 12.1 Å². The molecule has 0 aliphatic rings. The molecule has 2 amide bonds. The first-order valence-corrected chi connectivity index (χ1v) is 6.45. The zero-order valence-electron chi connectivity index (χ0n) is 11.9. The second-order valence-electron chi connectivity index (χ2n) is 4.24. The number of hydrogen-bond donors (Lipinski definition) is 2. The van der Waals surface area contributed by atoms with E-state index in [1.165, 1.54) is 12.1 Å². The number of nitrogens with zero attached hydrogens (tertiary/aromatic N) is 3. The monoisotopic (exact) mass is 291 g/mol. The van der Waals surface area contributed by atoms with Crippen LogP contribution in [0, 0.1) is 11.3 Å². The third-order valence-electron chi connectivity index (χ3n) is 3.10. The third-order valence-corrected chi connectivity index (χ3v) is 3.10. The van der Waals surface area contributed by atoms with Gasteiger partial charge in [0.15, 0.2) is 0 Å². The van der Waals surface area contributed by atoms with Gasteiger partial charge in [-0.05, 0) is 31.5 Å². The lowest BCUT2D eigenvalue weighted by Gasteiger charge is -2.35. The highest BCUT2D eigenvalue weighted by molar-refractivity contribution is 5.69. The first-order chi connectivity index (χ1) is 9.96. The molecule has 1 aromatic carbocycles. The Kier molecular flexibility index (Phi) is 5.55. The Hall–Kier alpha value is -2.75. The average molecular weight is 291 g/mol. The van der Waals surface area contributed by atoms with Crippen molar-refractivity contribution in [3.05, 3.63) is 35.4 Å². The standard InChI is InChI=1S/C14H17N3O4/c1-3-16(13(18)19)12(17(4-2)14(20)21)11-7-5-10(9-15)6-8-11/h5-8,12H,3-4H2,1-2H3,(H,18,19)(H,20,21). The minimum atomic E-state index is -1.20. The number of benzene rings is 1. The number of carbonyl (C=O) groups is 2. The van der Waals surface area contributed by atoms with Gasteiger partial charge in [0.25, 0.3) is 0 Å². The van der Waals surface area contributed by atoms with E-state index in [4.69, 9.17) is 5.26 Å². The van der Waals surface area contributed by atoms with Crippen LogP contribution < -0.4 is 0 Å². The SMILES string of the molecule is CCN(C(=O)O)C(c1ccc(C#N)cc1)N(CC)C(=O)O. The summed E-state index contributed by atoms with van der Waals surface area (Å²) in [5.74, 6) is 0. The van der Waals surface area contributed by atoms with Gasteiger partial charge < -0.3 is 10.2 Å². The van der Waals surface area contributed by atoms with Crippen molar-refractivity contribution in [3.63, 3.8) is 0 Å². The van der Waals surface area contributed by atoms with Crippen molar-refractivity contribution in [1.29, 1.82) is 5.26 Å². The summed E-state index contributed by atoms with van der Waals surface area (Å²) in [5, 5.41) is 27.4. The van der Waals surface area contributed by atoms with Gasteiger partial charge in [0.05, 0.1) is 11.6 Å². The molecular weight excluding hydrogens is 274 g/mol. The van der Waals surface area contributed by atoms with Crippen LogP contribution in [0.15, 0.2) is 24.3 Å². The molecule has 1 rings (SSSR count). The van der Waals surface area contributed by atoms with Gasteiger partial charge in [0.2, 0.25) is 0 Å². The maximum Gasteiger partial charge on any atom is 0.409 e. The molecule has 0 saturated carbocycles. The summed E-state index contributed by atoms with van der Waals surface area (Å²) in [5.41, 5.74) is 0.928. The van der Waals surface area contributed by atoms with Gasteiger partial charge in [-0.25, -0.2) is 9.59 Å². The van der Waals surface area contributed by atoms with Gasteiger partial charge >= 0.3 is 12.2 Å². The van der Waals surface area contributed by atoms with E-state index in [0.717, 1.165) is 9.80 Å². The summed E-state index contributed by atoms with van der Waals surface area (Å²) < 4.78 is 0. The predicted octanol–water partition coefficient (Wildman–Crippen LogP) is 2.56. The number of carboxylic acid groups (broad SMARTS) is 2. The molecule has 0 unspecified atom stereocenters. The van der Waals surface area contributed by atoms with Crippen LogP contribution in [0.2, 0.25) is 0 Å². The van der Waals surface area contributed by atoms with Crippen LogP contribution in [0.25, 0.3) is 0 Å². The minimum absolute atomic E-state index is 0.143. The van der Waals surface area contributed by atoms with Gasteiger partial charge in [-0.15, -0.1) is 0 Å². The van der Waals surface area contributed by atoms with E-state index in [9.17, 15) is 19.8 Å². The second-order valence-corrected chi connectivity index (χ2v) is 4.24. The van der Waals surface area contributed by atoms with E-state index in [1.54, 1.807) is 26.0 Å². The normalized spacial score (nSPS) is 10.0. The number of nitriles is 1. The molecule has 0 aromatic heterocycles. The van der Waals surface area contributed by atoms with Gasteiger partial charge in [-0.2, -0.15) is 5.26 Å². The second kappa shape index (κ2) is 7.14. The van der Waals surface area contributed by atoms with Crippen molar-refractivity contribution in [1.82, 2.24) is 9.80 Å². The maximum atomic E-state index is 11.4. The largest absolute Gasteiger partial charge is 0.465 e. The zero-order valence-corrected chi connectivity index (χ0v) is 11.9. The van der Waals surface area contributed by atoms with E-state index in [-0.39, 0.29) is 13.1 Å². The van der Waals surface area contributed by atoms with Crippen molar-refractivity contribution < 1.29 is 19.8 Å². The highest BCUT2D eigenvalue weighted by Crippen LogP contribution is 2.25. The van der Waals surface area contributed by atoms with Crippen LogP contribution >= 0.6 is 0 Å². The fourth-order valence-electron chi connectivity index (χ4n) is 2.08. The summed E-state index contributed by atoms with van der Waals surface area (Å²) in [4.78, 5) is 24.8. The molecule has 0 saturated heterocycles. The lowest BCUT2D eigenvalue weighted by molar-refractivity contribution is 0.0483. The summed E-state index contributed by atoms with van der Waals surface area (Å²) in [7, 11) is 0. The van der Waals surface area contributed by atoms with Crippen molar-refractivity contribution in [2.75, 3.05) is 13.1 Å². The number of amides is 2. The lowest BCUT2D eigenvalue weighted by atomic mass is 10.1. The first-order valence-electron chi connectivity index (χ1n) is 6.45. The third kappa shape index (κ3) is 3.63. The zero-order chi connectivity index (χ0) is 16.0. The Morgan fingerprint density at radius 3 is 1.81 bits per heavy atom. The number of rotatable bonds is 5. The fraction of sp³-hybridized carbons (Fsp3) is 0.357. The smallest absolute Gasteiger partial charge is 0.409 e. The Labute approximate surface area is 122 Å². The molecule has 0 heterocycles. The highest BCUT2D eigenvalue weighted by Gasteiger charge is 2.31. The van der Waals surface area contributed by atoms with E-state index in [2.05, 4.69) is 0 Å². The molecule has 0 bridgehead atoms. The van der Waals surface area contributed by atoms with Crippen LogP contribution in [0.4, 0.5) is 9.59 Å². The van der Waals surface area contributed by atoms with Crippen LogP contribution in [-0.2, 0) is 0 Å². The summed E-state index contributed by atoms with van der Waals surface area (Å²) in [6.45, 7) is 3.56. The molecule has 7 nitrogen and oxygen atoms in total. The van der Waals surface area contributed by atoms with E-state index < -0.39 is 18.4 Å². The Balaban J connectivity index is 3.31. The fourth-order valence-corrected chi connectivity index (χ4v) is 2.08. The maximum absolute atomic E-state index is 11.4. The topological polar surface area (TPSA) is 105 Å². The molecule has 0 aliphatic carbocycles. The van der Waals surface area contributed by atoms with Gasteiger partial charge in [-0.3, -0.25) is 9.80 Å². The molecule has 0 fully saturated rings. The summed E-state index contributed by atoms with van der Waals surface area (Å²) in [6, 6.07) is 8.18. The molecule has 112 valence electrons. The highest BCUT2D eigenvalue weighted by atomic mass is 16.4.